The van der Waals surface area contributed by atoms with E-state index < -0.39 is 11.9 Å². The third kappa shape index (κ3) is 3.53. The first kappa shape index (κ1) is 15.3. The van der Waals surface area contributed by atoms with E-state index >= 15 is 0 Å². The molecule has 2 N–H and O–H groups in total. The van der Waals surface area contributed by atoms with Crippen LogP contribution in [0.25, 0.3) is 0 Å². The van der Waals surface area contributed by atoms with Crippen LogP contribution in [0.1, 0.15) is 64.7 Å². The molecular weight excluding hydrogens is 254 g/mol. The Morgan fingerprint density at radius 2 is 1.70 bits per heavy atom. The van der Waals surface area contributed by atoms with Crippen LogP contribution in [-0.2, 0) is 9.59 Å². The van der Waals surface area contributed by atoms with Crippen molar-refractivity contribution >= 4 is 11.9 Å². The van der Waals surface area contributed by atoms with Crippen LogP contribution in [0.3, 0.4) is 0 Å². The van der Waals surface area contributed by atoms with Crippen LogP contribution in [0.15, 0.2) is 0 Å². The van der Waals surface area contributed by atoms with E-state index in [2.05, 4.69) is 12.2 Å². The summed E-state index contributed by atoms with van der Waals surface area (Å²) in [5.41, 5.74) is 0. The van der Waals surface area contributed by atoms with Gasteiger partial charge in [0, 0.05) is 6.04 Å². The number of carboxylic acid groups (broad SMARTS) is 1. The molecule has 0 aromatic carbocycles. The smallest absolute Gasteiger partial charge is 0.307 e. The predicted molar refractivity (Wildman–Crippen MR) is 77.3 cm³/mol. The average Bonchev–Trinajstić information content (AvgIpc) is 2.95. The van der Waals surface area contributed by atoms with Crippen LogP contribution in [-0.4, -0.2) is 23.0 Å². The predicted octanol–water partition coefficient (Wildman–Crippen LogP) is 2.96. The van der Waals surface area contributed by atoms with Crippen molar-refractivity contribution in [1.29, 1.82) is 0 Å². The molecule has 0 heterocycles. The van der Waals surface area contributed by atoms with Crippen molar-refractivity contribution in [1.82, 2.24) is 5.32 Å². The van der Waals surface area contributed by atoms with Crippen molar-refractivity contribution in [3.05, 3.63) is 0 Å². The summed E-state index contributed by atoms with van der Waals surface area (Å²) in [5, 5.41) is 12.4. The number of nitrogens with one attached hydrogen (secondary N) is 1. The molecule has 0 bridgehead atoms. The number of amides is 1. The summed E-state index contributed by atoms with van der Waals surface area (Å²) in [6.07, 6.45) is 9.41. The second-order valence-corrected chi connectivity index (χ2v) is 6.40. The maximum Gasteiger partial charge on any atom is 0.307 e. The molecule has 0 spiro atoms. The quantitative estimate of drug-likeness (QED) is 0.814. The van der Waals surface area contributed by atoms with Crippen molar-refractivity contribution < 1.29 is 14.7 Å². The number of carbonyl (C=O) groups is 2. The molecule has 0 aromatic heterocycles. The zero-order chi connectivity index (χ0) is 14.5. The topological polar surface area (TPSA) is 66.4 Å². The molecule has 3 atom stereocenters. The van der Waals surface area contributed by atoms with Gasteiger partial charge in [-0.15, -0.1) is 0 Å². The zero-order valence-corrected chi connectivity index (χ0v) is 12.4. The van der Waals surface area contributed by atoms with Gasteiger partial charge in [-0.3, -0.25) is 9.59 Å². The van der Waals surface area contributed by atoms with Crippen LogP contribution < -0.4 is 5.32 Å². The van der Waals surface area contributed by atoms with E-state index in [1.807, 2.05) is 0 Å². The Kier molecular flexibility index (Phi) is 5.44. The minimum Gasteiger partial charge on any atom is -0.481 e. The number of carbonyl (C=O) groups excluding carboxylic acids is 1. The number of hydrogen-bond donors (Lipinski definition) is 2. The van der Waals surface area contributed by atoms with Gasteiger partial charge in [0.25, 0.3) is 0 Å². The fraction of sp³-hybridized carbons (Fsp3) is 0.875. The summed E-state index contributed by atoms with van der Waals surface area (Å²) in [4.78, 5) is 23.6. The maximum absolute atomic E-state index is 12.4. The molecule has 2 aliphatic rings. The highest BCUT2D eigenvalue weighted by Crippen LogP contribution is 2.33. The van der Waals surface area contributed by atoms with Gasteiger partial charge < -0.3 is 10.4 Å². The van der Waals surface area contributed by atoms with Gasteiger partial charge in [-0.1, -0.05) is 32.6 Å². The van der Waals surface area contributed by atoms with Crippen LogP contribution in [0, 0.1) is 17.8 Å². The largest absolute Gasteiger partial charge is 0.481 e. The second-order valence-electron chi connectivity index (χ2n) is 6.40. The lowest BCUT2D eigenvalue weighted by Crippen LogP contribution is -2.45. The molecule has 2 rings (SSSR count). The summed E-state index contributed by atoms with van der Waals surface area (Å²) in [6, 6.07) is 0.234. The molecule has 4 nitrogen and oxygen atoms in total. The third-order valence-corrected chi connectivity index (χ3v) is 5.16. The number of rotatable bonds is 5. The first-order chi connectivity index (χ1) is 9.63. The van der Waals surface area contributed by atoms with E-state index in [0.717, 1.165) is 19.3 Å². The van der Waals surface area contributed by atoms with Crippen LogP contribution in [0.4, 0.5) is 0 Å². The lowest BCUT2D eigenvalue weighted by Gasteiger charge is -2.31. The number of aliphatic carboxylic acids is 1. The molecule has 0 radical (unpaired) electrons. The van der Waals surface area contributed by atoms with E-state index in [1.54, 1.807) is 0 Å². The molecule has 0 saturated heterocycles. The number of hydrogen-bond acceptors (Lipinski definition) is 2. The minimum atomic E-state index is -0.812. The van der Waals surface area contributed by atoms with Crippen molar-refractivity contribution in [2.45, 2.75) is 70.8 Å². The van der Waals surface area contributed by atoms with E-state index in [-0.39, 0.29) is 17.9 Å². The SMILES string of the molecule is CCC(NC(=O)[C@@H]1CCC[C@@H]1C(=O)O)C1CCCCC1. The van der Waals surface area contributed by atoms with E-state index in [4.69, 9.17) is 0 Å². The van der Waals surface area contributed by atoms with Gasteiger partial charge in [-0.05, 0) is 38.0 Å². The lowest BCUT2D eigenvalue weighted by atomic mass is 9.82. The first-order valence-corrected chi connectivity index (χ1v) is 8.16. The molecule has 0 aromatic rings. The summed E-state index contributed by atoms with van der Waals surface area (Å²) in [6.45, 7) is 2.11. The van der Waals surface area contributed by atoms with E-state index in [9.17, 15) is 14.7 Å². The van der Waals surface area contributed by atoms with Crippen LogP contribution in [0.5, 0.6) is 0 Å². The molecule has 2 saturated carbocycles. The molecule has 20 heavy (non-hydrogen) atoms. The summed E-state index contributed by atoms with van der Waals surface area (Å²) in [5.74, 6) is -1.04. The monoisotopic (exact) mass is 281 g/mol. The Labute approximate surface area is 121 Å². The Balaban J connectivity index is 1.92. The fourth-order valence-electron chi connectivity index (χ4n) is 3.95. The first-order valence-electron chi connectivity index (χ1n) is 8.16. The average molecular weight is 281 g/mol. The molecule has 114 valence electrons. The van der Waals surface area contributed by atoms with Crippen LogP contribution in [0.2, 0.25) is 0 Å². The van der Waals surface area contributed by atoms with Gasteiger partial charge >= 0.3 is 5.97 Å². The summed E-state index contributed by atoms with van der Waals surface area (Å²) < 4.78 is 0. The van der Waals surface area contributed by atoms with E-state index in [0.29, 0.717) is 12.3 Å². The van der Waals surface area contributed by atoms with Crippen molar-refractivity contribution in [3.63, 3.8) is 0 Å². The lowest BCUT2D eigenvalue weighted by molar-refractivity contribution is -0.146. The fourth-order valence-corrected chi connectivity index (χ4v) is 3.95. The molecule has 2 aliphatic carbocycles. The Hall–Kier alpha value is -1.06. The van der Waals surface area contributed by atoms with E-state index in [1.165, 1.54) is 32.1 Å². The van der Waals surface area contributed by atoms with Gasteiger partial charge in [-0.25, -0.2) is 0 Å². The molecule has 2 fully saturated rings. The molecule has 0 aliphatic heterocycles. The van der Waals surface area contributed by atoms with Crippen molar-refractivity contribution in [3.8, 4) is 0 Å². The van der Waals surface area contributed by atoms with Gasteiger partial charge in [0.1, 0.15) is 0 Å². The zero-order valence-electron chi connectivity index (χ0n) is 12.4. The molecular formula is C16H27NO3. The highest BCUT2D eigenvalue weighted by Gasteiger charge is 2.38. The van der Waals surface area contributed by atoms with Gasteiger partial charge in [-0.2, -0.15) is 0 Å². The third-order valence-electron chi connectivity index (χ3n) is 5.16. The molecule has 4 heteroatoms. The summed E-state index contributed by atoms with van der Waals surface area (Å²) >= 11 is 0. The van der Waals surface area contributed by atoms with Crippen molar-refractivity contribution in [2.75, 3.05) is 0 Å². The Morgan fingerprint density at radius 3 is 2.30 bits per heavy atom. The van der Waals surface area contributed by atoms with Crippen molar-refractivity contribution in [2.24, 2.45) is 17.8 Å². The standard InChI is InChI=1S/C16H27NO3/c1-2-14(11-7-4-3-5-8-11)17-15(18)12-9-6-10-13(12)16(19)20/h11-14H,2-10H2,1H3,(H,17,18)(H,19,20)/t12-,13+,14?/m1/s1. The normalized spacial score (nSPS) is 29.1. The number of carboxylic acids is 1. The minimum absolute atomic E-state index is 0.0210. The highest BCUT2D eigenvalue weighted by atomic mass is 16.4. The van der Waals surface area contributed by atoms with Gasteiger partial charge in [0.15, 0.2) is 0 Å². The Bertz CT molecular complexity index is 350. The van der Waals surface area contributed by atoms with Gasteiger partial charge in [0.2, 0.25) is 5.91 Å². The summed E-state index contributed by atoms with van der Waals surface area (Å²) in [7, 11) is 0. The molecule has 1 amide bonds. The second kappa shape index (κ2) is 7.09. The highest BCUT2D eigenvalue weighted by molar-refractivity contribution is 5.85. The van der Waals surface area contributed by atoms with Crippen LogP contribution >= 0.6 is 0 Å². The van der Waals surface area contributed by atoms with Gasteiger partial charge in [0.05, 0.1) is 11.8 Å². The Morgan fingerprint density at radius 1 is 1.05 bits per heavy atom. The maximum atomic E-state index is 12.4. The molecule has 1 unspecified atom stereocenters.